The van der Waals surface area contributed by atoms with Crippen molar-refractivity contribution in [2.75, 3.05) is 13.1 Å². The van der Waals surface area contributed by atoms with Crippen LogP contribution >= 0.6 is 11.6 Å². The molecule has 0 bridgehead atoms. The molecule has 2 heterocycles. The van der Waals surface area contributed by atoms with Crippen LogP contribution in [0.15, 0.2) is 47.1 Å². The molecule has 0 spiro atoms. The Labute approximate surface area is 151 Å². The molecule has 1 fully saturated rings. The molecule has 5 nitrogen and oxygen atoms in total. The summed E-state index contributed by atoms with van der Waals surface area (Å²) in [5.74, 6) is 0.175. The van der Waals surface area contributed by atoms with Crippen molar-refractivity contribution in [1.82, 2.24) is 10.2 Å². The van der Waals surface area contributed by atoms with Crippen LogP contribution in [0.5, 0.6) is 0 Å². The van der Waals surface area contributed by atoms with Gasteiger partial charge in [0.05, 0.1) is 12.3 Å². The van der Waals surface area contributed by atoms with Gasteiger partial charge in [0, 0.05) is 24.0 Å². The number of furan rings is 1. The van der Waals surface area contributed by atoms with E-state index in [9.17, 15) is 9.59 Å². The van der Waals surface area contributed by atoms with E-state index in [1.165, 1.54) is 6.26 Å². The van der Waals surface area contributed by atoms with Crippen molar-refractivity contribution in [2.45, 2.75) is 25.8 Å². The molecule has 1 aromatic carbocycles. The van der Waals surface area contributed by atoms with Crippen LogP contribution in [-0.4, -0.2) is 29.8 Å². The maximum atomic E-state index is 12.5. The minimum absolute atomic E-state index is 0.0255. The first-order valence-electron chi connectivity index (χ1n) is 8.43. The molecule has 2 aromatic rings. The predicted molar refractivity (Wildman–Crippen MR) is 95.3 cm³/mol. The molecule has 1 unspecified atom stereocenters. The maximum absolute atomic E-state index is 12.5. The van der Waals surface area contributed by atoms with Crippen LogP contribution in [0.1, 0.15) is 41.9 Å². The number of piperidine rings is 1. The summed E-state index contributed by atoms with van der Waals surface area (Å²) in [6, 6.07) is 10.7. The number of benzene rings is 1. The lowest BCUT2D eigenvalue weighted by molar-refractivity contribution is -0.127. The molecule has 1 N–H and O–H groups in total. The molecule has 6 heteroatoms. The minimum Gasteiger partial charge on any atom is -0.459 e. The molecular weight excluding hydrogens is 340 g/mol. The second-order valence-corrected chi connectivity index (χ2v) is 6.77. The molecule has 132 valence electrons. The van der Waals surface area contributed by atoms with Gasteiger partial charge in [-0.1, -0.05) is 23.7 Å². The highest BCUT2D eigenvalue weighted by Gasteiger charge is 2.29. The summed E-state index contributed by atoms with van der Waals surface area (Å²) in [5.41, 5.74) is 0.978. The molecule has 0 saturated carbocycles. The average Bonchev–Trinajstić information content (AvgIpc) is 3.16. The Hall–Kier alpha value is -2.27. The van der Waals surface area contributed by atoms with Gasteiger partial charge in [0.25, 0.3) is 5.91 Å². The standard InChI is InChI=1S/C19H21ClN2O3/c1-13(15-4-2-5-16(20)12-15)21-18(23)14-7-9-22(10-8-14)19(24)17-6-3-11-25-17/h2-6,11-14H,7-10H2,1H3,(H,21,23). The molecule has 0 radical (unpaired) electrons. The molecule has 0 aliphatic carbocycles. The largest absolute Gasteiger partial charge is 0.459 e. The zero-order valence-electron chi connectivity index (χ0n) is 14.1. The van der Waals surface area contributed by atoms with Gasteiger partial charge in [-0.3, -0.25) is 9.59 Å². The van der Waals surface area contributed by atoms with Gasteiger partial charge in [0.15, 0.2) is 5.76 Å². The van der Waals surface area contributed by atoms with E-state index in [2.05, 4.69) is 5.32 Å². The topological polar surface area (TPSA) is 62.6 Å². The van der Waals surface area contributed by atoms with Crippen LogP contribution in [0.2, 0.25) is 5.02 Å². The molecule has 1 aliphatic rings. The van der Waals surface area contributed by atoms with Gasteiger partial charge in [0.1, 0.15) is 0 Å². The molecule has 1 atom stereocenters. The van der Waals surface area contributed by atoms with Gasteiger partial charge in [-0.2, -0.15) is 0 Å². The van der Waals surface area contributed by atoms with E-state index in [0.717, 1.165) is 5.56 Å². The van der Waals surface area contributed by atoms with Crippen LogP contribution in [0.3, 0.4) is 0 Å². The first-order chi connectivity index (χ1) is 12.0. The summed E-state index contributed by atoms with van der Waals surface area (Å²) in [6.45, 7) is 3.06. The van der Waals surface area contributed by atoms with E-state index in [4.69, 9.17) is 16.0 Å². The summed E-state index contributed by atoms with van der Waals surface area (Å²) in [7, 11) is 0. The van der Waals surface area contributed by atoms with Gasteiger partial charge < -0.3 is 14.6 Å². The number of carbonyl (C=O) groups is 2. The van der Waals surface area contributed by atoms with E-state index in [1.807, 2.05) is 31.2 Å². The van der Waals surface area contributed by atoms with E-state index in [-0.39, 0.29) is 23.8 Å². The number of nitrogens with zero attached hydrogens (tertiary/aromatic N) is 1. The van der Waals surface area contributed by atoms with E-state index in [1.54, 1.807) is 17.0 Å². The number of halogens is 1. The number of carbonyl (C=O) groups excluding carboxylic acids is 2. The third-order valence-electron chi connectivity index (χ3n) is 4.59. The zero-order chi connectivity index (χ0) is 17.8. The van der Waals surface area contributed by atoms with Gasteiger partial charge in [-0.15, -0.1) is 0 Å². The molecular formula is C19H21ClN2O3. The van der Waals surface area contributed by atoms with Crippen LogP contribution in [0, 0.1) is 5.92 Å². The summed E-state index contributed by atoms with van der Waals surface area (Å²) < 4.78 is 5.15. The second kappa shape index (κ2) is 7.74. The molecule has 25 heavy (non-hydrogen) atoms. The Balaban J connectivity index is 1.52. The van der Waals surface area contributed by atoms with E-state index in [0.29, 0.717) is 36.7 Å². The highest BCUT2D eigenvalue weighted by Crippen LogP contribution is 2.22. The van der Waals surface area contributed by atoms with Gasteiger partial charge in [-0.25, -0.2) is 0 Å². The van der Waals surface area contributed by atoms with Crippen LogP contribution in [-0.2, 0) is 4.79 Å². The monoisotopic (exact) mass is 360 g/mol. The summed E-state index contributed by atoms with van der Waals surface area (Å²) in [5, 5.41) is 3.70. The van der Waals surface area contributed by atoms with Crippen molar-refractivity contribution < 1.29 is 14.0 Å². The van der Waals surface area contributed by atoms with Crippen LogP contribution in [0.25, 0.3) is 0 Å². The Bertz CT molecular complexity index is 737. The first kappa shape index (κ1) is 17.5. The third kappa shape index (κ3) is 4.23. The quantitative estimate of drug-likeness (QED) is 0.905. The van der Waals surface area contributed by atoms with Gasteiger partial charge >= 0.3 is 0 Å². The lowest BCUT2D eigenvalue weighted by atomic mass is 9.95. The first-order valence-corrected chi connectivity index (χ1v) is 8.81. The van der Waals surface area contributed by atoms with Crippen molar-refractivity contribution in [2.24, 2.45) is 5.92 Å². The molecule has 1 aromatic heterocycles. The SMILES string of the molecule is CC(NC(=O)C1CCN(C(=O)c2ccco2)CC1)c1cccc(Cl)c1. The number of hydrogen-bond acceptors (Lipinski definition) is 3. The summed E-state index contributed by atoms with van der Waals surface area (Å²) in [4.78, 5) is 26.5. The fourth-order valence-electron chi connectivity index (χ4n) is 3.09. The fraction of sp³-hybridized carbons (Fsp3) is 0.368. The van der Waals surface area contributed by atoms with E-state index < -0.39 is 0 Å². The minimum atomic E-state index is -0.115. The summed E-state index contributed by atoms with van der Waals surface area (Å²) >= 11 is 6.00. The van der Waals surface area contributed by atoms with Crippen molar-refractivity contribution in [1.29, 1.82) is 0 Å². The van der Waals surface area contributed by atoms with Gasteiger partial charge in [-0.05, 0) is 49.6 Å². The van der Waals surface area contributed by atoms with Crippen molar-refractivity contribution in [3.8, 4) is 0 Å². The van der Waals surface area contributed by atoms with Crippen molar-refractivity contribution in [3.63, 3.8) is 0 Å². The highest BCUT2D eigenvalue weighted by atomic mass is 35.5. The average molecular weight is 361 g/mol. The number of amides is 2. The Morgan fingerprint density at radius 3 is 2.64 bits per heavy atom. The lowest BCUT2D eigenvalue weighted by Crippen LogP contribution is -2.43. The van der Waals surface area contributed by atoms with Crippen molar-refractivity contribution in [3.05, 3.63) is 59.0 Å². The van der Waals surface area contributed by atoms with Crippen LogP contribution < -0.4 is 5.32 Å². The van der Waals surface area contributed by atoms with Crippen LogP contribution in [0.4, 0.5) is 0 Å². The number of nitrogens with one attached hydrogen (secondary N) is 1. The third-order valence-corrected chi connectivity index (χ3v) is 4.83. The Morgan fingerprint density at radius 2 is 2.00 bits per heavy atom. The number of hydrogen-bond donors (Lipinski definition) is 1. The Kier molecular flexibility index (Phi) is 5.43. The number of likely N-dealkylation sites (tertiary alicyclic amines) is 1. The maximum Gasteiger partial charge on any atom is 0.289 e. The lowest BCUT2D eigenvalue weighted by Gasteiger charge is -2.31. The number of rotatable bonds is 4. The summed E-state index contributed by atoms with van der Waals surface area (Å²) in [6.07, 6.45) is 2.80. The van der Waals surface area contributed by atoms with Crippen molar-refractivity contribution >= 4 is 23.4 Å². The Morgan fingerprint density at radius 1 is 1.24 bits per heavy atom. The molecule has 1 saturated heterocycles. The van der Waals surface area contributed by atoms with Gasteiger partial charge in [0.2, 0.25) is 5.91 Å². The molecule has 2 amide bonds. The second-order valence-electron chi connectivity index (χ2n) is 6.33. The normalized spacial score (nSPS) is 16.5. The smallest absolute Gasteiger partial charge is 0.289 e. The predicted octanol–water partition coefficient (Wildman–Crippen LogP) is 3.66. The fourth-order valence-corrected chi connectivity index (χ4v) is 3.29. The van der Waals surface area contributed by atoms with E-state index >= 15 is 0 Å². The molecule has 3 rings (SSSR count). The zero-order valence-corrected chi connectivity index (χ0v) is 14.8. The highest BCUT2D eigenvalue weighted by molar-refractivity contribution is 6.30. The molecule has 1 aliphatic heterocycles.